The third-order valence-corrected chi connectivity index (χ3v) is 5.78. The largest absolute Gasteiger partial charge is 0.290 e. The molecule has 0 bridgehead atoms. The zero-order chi connectivity index (χ0) is 13.2. The summed E-state index contributed by atoms with van der Waals surface area (Å²) >= 11 is 0. The van der Waals surface area contributed by atoms with Crippen LogP contribution in [0.1, 0.15) is 65.7 Å². The predicted molar refractivity (Wildman–Crippen MR) is 83.1 cm³/mol. The molecule has 0 aromatic carbocycles. The van der Waals surface area contributed by atoms with Gasteiger partial charge in [-0.2, -0.15) is 0 Å². The number of unbranched alkanes of at least 4 members (excludes halogenated alkanes) is 4. The molecule has 1 fully saturated rings. The van der Waals surface area contributed by atoms with Gasteiger partial charge >= 0.3 is 0 Å². The quantitative estimate of drug-likeness (QED) is 0.459. The van der Waals surface area contributed by atoms with Crippen LogP contribution < -0.4 is 5.32 Å². The van der Waals surface area contributed by atoms with Crippen molar-refractivity contribution in [2.24, 2.45) is 0 Å². The highest BCUT2D eigenvalue weighted by Gasteiger charge is 2.34. The molecular formula is C14H33N3Si. The highest BCUT2D eigenvalue weighted by Crippen LogP contribution is 2.16. The third kappa shape index (κ3) is 5.39. The molecule has 0 radical (unpaired) electrons. The van der Waals surface area contributed by atoms with Crippen molar-refractivity contribution in [1.29, 1.82) is 0 Å². The zero-order valence-corrected chi connectivity index (χ0v) is 14.2. The second kappa shape index (κ2) is 9.95. The summed E-state index contributed by atoms with van der Waals surface area (Å²) in [6.07, 6.45) is 10.1. The monoisotopic (exact) mass is 271 g/mol. The highest BCUT2D eigenvalue weighted by molar-refractivity contribution is 6.32. The van der Waals surface area contributed by atoms with Crippen molar-refractivity contribution >= 4 is 9.84 Å². The van der Waals surface area contributed by atoms with Crippen molar-refractivity contribution in [3.05, 3.63) is 0 Å². The first kappa shape index (κ1) is 16.2. The van der Waals surface area contributed by atoms with Gasteiger partial charge in [-0.15, -0.1) is 0 Å². The average molecular weight is 272 g/mol. The lowest BCUT2D eigenvalue weighted by molar-refractivity contribution is 0.0618. The number of nitrogens with one attached hydrogen (secondary N) is 1. The molecule has 0 aromatic heterocycles. The Bertz CT molecular complexity index is 185. The molecule has 4 heteroatoms. The standard InChI is InChI=1S/C14H33N3Si/c1-4-7-9-12-16-14(15-11-6-3)17(18-16)13-10-8-5-2/h14-15H,4-13,18H2,1-3H3. The Hall–Kier alpha value is 0.0969. The molecule has 1 rings (SSSR count). The first-order valence-corrected chi connectivity index (χ1v) is 9.31. The van der Waals surface area contributed by atoms with Crippen molar-refractivity contribution in [2.45, 2.75) is 72.0 Å². The van der Waals surface area contributed by atoms with Crippen LogP contribution in [0, 0.1) is 0 Å². The molecule has 0 aliphatic carbocycles. The number of hydrogen-bond acceptors (Lipinski definition) is 3. The summed E-state index contributed by atoms with van der Waals surface area (Å²) in [4.78, 5) is 0. The van der Waals surface area contributed by atoms with Gasteiger partial charge in [0.2, 0.25) is 0 Å². The van der Waals surface area contributed by atoms with Gasteiger partial charge in [0.05, 0.1) is 0 Å². The topological polar surface area (TPSA) is 18.5 Å². The Balaban J connectivity index is 2.22. The van der Waals surface area contributed by atoms with Crippen LogP contribution in [0.2, 0.25) is 0 Å². The van der Waals surface area contributed by atoms with E-state index in [9.17, 15) is 0 Å². The maximum absolute atomic E-state index is 3.71. The van der Waals surface area contributed by atoms with Crippen molar-refractivity contribution in [3.63, 3.8) is 0 Å². The summed E-state index contributed by atoms with van der Waals surface area (Å²) in [6, 6.07) is 0. The molecule has 108 valence electrons. The van der Waals surface area contributed by atoms with Crippen molar-refractivity contribution in [3.8, 4) is 0 Å². The van der Waals surface area contributed by atoms with E-state index in [2.05, 4.69) is 35.2 Å². The van der Waals surface area contributed by atoms with Gasteiger partial charge in [-0.1, -0.05) is 46.5 Å². The Morgan fingerprint density at radius 2 is 1.39 bits per heavy atom. The summed E-state index contributed by atoms with van der Waals surface area (Å²) in [6.45, 7) is 10.6. The van der Waals surface area contributed by atoms with E-state index < -0.39 is 0 Å². The molecule has 1 N–H and O–H groups in total. The summed E-state index contributed by atoms with van der Waals surface area (Å²) in [5.74, 6) is 0. The van der Waals surface area contributed by atoms with Gasteiger partial charge < -0.3 is 0 Å². The van der Waals surface area contributed by atoms with E-state index in [4.69, 9.17) is 0 Å². The smallest absolute Gasteiger partial charge is 0.177 e. The molecule has 0 aromatic rings. The SMILES string of the molecule is CCCCCN1[SiH2]N(CCCCC)C1NCCC. The molecule has 1 aliphatic rings. The van der Waals surface area contributed by atoms with E-state index in [1.807, 2.05) is 0 Å². The molecule has 0 spiro atoms. The fourth-order valence-corrected chi connectivity index (χ4v) is 4.49. The van der Waals surface area contributed by atoms with E-state index >= 15 is 0 Å². The van der Waals surface area contributed by atoms with Gasteiger partial charge in [-0.25, -0.2) is 0 Å². The Kier molecular flexibility index (Phi) is 8.93. The van der Waals surface area contributed by atoms with Gasteiger partial charge in [-0.3, -0.25) is 14.4 Å². The van der Waals surface area contributed by atoms with Gasteiger partial charge in [0.15, 0.2) is 9.84 Å². The molecule has 0 amide bonds. The van der Waals surface area contributed by atoms with Crippen LogP contribution in [0.5, 0.6) is 0 Å². The molecule has 0 atom stereocenters. The fraction of sp³-hybridized carbons (Fsp3) is 1.00. The van der Waals surface area contributed by atoms with E-state index in [-0.39, 0.29) is 9.84 Å². The van der Waals surface area contributed by atoms with E-state index in [1.54, 1.807) is 0 Å². The molecular weight excluding hydrogens is 238 g/mol. The van der Waals surface area contributed by atoms with Crippen LogP contribution in [0.25, 0.3) is 0 Å². The van der Waals surface area contributed by atoms with Crippen molar-refractivity contribution in [2.75, 3.05) is 19.6 Å². The molecule has 1 saturated heterocycles. The minimum absolute atomic E-state index is 0.0943. The minimum atomic E-state index is -0.0943. The maximum Gasteiger partial charge on any atom is 0.177 e. The molecule has 0 unspecified atom stereocenters. The van der Waals surface area contributed by atoms with E-state index in [0.29, 0.717) is 6.29 Å². The zero-order valence-electron chi connectivity index (χ0n) is 12.7. The molecule has 1 heterocycles. The van der Waals surface area contributed by atoms with Crippen LogP contribution in [-0.4, -0.2) is 44.9 Å². The summed E-state index contributed by atoms with van der Waals surface area (Å²) < 4.78 is 5.47. The maximum atomic E-state index is 3.71. The van der Waals surface area contributed by atoms with Crippen LogP contribution in [0.3, 0.4) is 0 Å². The first-order valence-electron chi connectivity index (χ1n) is 8.04. The van der Waals surface area contributed by atoms with Gasteiger partial charge in [-0.05, 0) is 38.9 Å². The number of hydrogen-bond donors (Lipinski definition) is 1. The van der Waals surface area contributed by atoms with Crippen LogP contribution in [0.15, 0.2) is 0 Å². The van der Waals surface area contributed by atoms with E-state index in [1.165, 1.54) is 58.0 Å². The van der Waals surface area contributed by atoms with E-state index in [0.717, 1.165) is 6.54 Å². The van der Waals surface area contributed by atoms with Crippen LogP contribution >= 0.6 is 0 Å². The van der Waals surface area contributed by atoms with Crippen molar-refractivity contribution in [1.82, 2.24) is 14.4 Å². The minimum Gasteiger partial charge on any atom is -0.290 e. The Morgan fingerprint density at radius 3 is 1.83 bits per heavy atom. The molecule has 1 aliphatic heterocycles. The van der Waals surface area contributed by atoms with Crippen LogP contribution in [0.4, 0.5) is 0 Å². The molecule has 18 heavy (non-hydrogen) atoms. The highest BCUT2D eigenvalue weighted by atomic mass is 28.2. The third-order valence-electron chi connectivity index (χ3n) is 3.73. The predicted octanol–water partition coefficient (Wildman–Crippen LogP) is 2.27. The first-order chi connectivity index (χ1) is 8.83. The summed E-state index contributed by atoms with van der Waals surface area (Å²) in [5.41, 5.74) is 0. The van der Waals surface area contributed by atoms with Crippen molar-refractivity contribution < 1.29 is 0 Å². The fourth-order valence-electron chi connectivity index (χ4n) is 2.57. The summed E-state index contributed by atoms with van der Waals surface area (Å²) in [5, 5.41) is 3.71. The molecule has 3 nitrogen and oxygen atoms in total. The number of nitrogens with zero attached hydrogens (tertiary/aromatic N) is 2. The summed E-state index contributed by atoms with van der Waals surface area (Å²) in [7, 11) is -0.0943. The second-order valence-electron chi connectivity index (χ2n) is 5.51. The lowest BCUT2D eigenvalue weighted by Crippen LogP contribution is -2.72. The van der Waals surface area contributed by atoms with Gasteiger partial charge in [0, 0.05) is 0 Å². The lowest BCUT2D eigenvalue weighted by Gasteiger charge is -2.51. The molecule has 0 saturated carbocycles. The lowest BCUT2D eigenvalue weighted by atomic mass is 10.2. The van der Waals surface area contributed by atoms with Gasteiger partial charge in [0.1, 0.15) is 6.29 Å². The van der Waals surface area contributed by atoms with Gasteiger partial charge in [0.25, 0.3) is 0 Å². The Morgan fingerprint density at radius 1 is 0.833 bits per heavy atom. The van der Waals surface area contributed by atoms with Crippen LogP contribution in [-0.2, 0) is 0 Å². The number of rotatable bonds is 11. The Labute approximate surface area is 116 Å². The average Bonchev–Trinajstić information content (AvgIpc) is 2.36. The normalized spacial score (nSPS) is 22.5. The second-order valence-corrected chi connectivity index (χ2v) is 7.42.